The lowest BCUT2D eigenvalue weighted by atomic mass is 9.87. The van der Waals surface area contributed by atoms with Crippen LogP contribution in [0.1, 0.15) is 66.7 Å². The average molecular weight is 184 g/mol. The first kappa shape index (κ1) is 13.0. The van der Waals surface area contributed by atoms with E-state index in [2.05, 4.69) is 34.6 Å². The minimum Gasteiger partial charge on any atom is -0.0651 e. The van der Waals surface area contributed by atoms with Crippen molar-refractivity contribution in [2.24, 2.45) is 17.8 Å². The third kappa shape index (κ3) is 7.10. The summed E-state index contributed by atoms with van der Waals surface area (Å²) in [4.78, 5) is 0. The van der Waals surface area contributed by atoms with Crippen LogP contribution in [0.3, 0.4) is 0 Å². The van der Waals surface area contributed by atoms with Gasteiger partial charge in [-0.2, -0.15) is 0 Å². The van der Waals surface area contributed by atoms with Crippen molar-refractivity contribution in [1.29, 1.82) is 0 Å². The summed E-state index contributed by atoms with van der Waals surface area (Å²) in [6, 6.07) is 0. The van der Waals surface area contributed by atoms with Gasteiger partial charge in [-0.05, 0) is 24.2 Å². The van der Waals surface area contributed by atoms with Gasteiger partial charge in [0, 0.05) is 0 Å². The normalized spacial score (nSPS) is 16.2. The minimum atomic E-state index is 0.881. The van der Waals surface area contributed by atoms with Gasteiger partial charge in [0.05, 0.1) is 0 Å². The highest BCUT2D eigenvalue weighted by molar-refractivity contribution is 4.62. The van der Waals surface area contributed by atoms with Crippen LogP contribution in [0, 0.1) is 17.8 Å². The van der Waals surface area contributed by atoms with Gasteiger partial charge < -0.3 is 0 Å². The molecule has 0 saturated carbocycles. The Hall–Kier alpha value is 0. The first-order chi connectivity index (χ1) is 6.10. The molecule has 0 bridgehead atoms. The molecule has 0 saturated heterocycles. The molecule has 0 aliphatic heterocycles. The largest absolute Gasteiger partial charge is 0.0651 e. The second-order valence-electron chi connectivity index (χ2n) is 4.99. The Kier molecular flexibility index (Phi) is 7.41. The van der Waals surface area contributed by atoms with Crippen molar-refractivity contribution in [3.05, 3.63) is 0 Å². The first-order valence-electron chi connectivity index (χ1n) is 6.10. The van der Waals surface area contributed by atoms with Crippen molar-refractivity contribution in [3.8, 4) is 0 Å². The predicted octanol–water partition coefficient (Wildman–Crippen LogP) is 4.89. The van der Waals surface area contributed by atoms with Crippen LogP contribution in [-0.2, 0) is 0 Å². The van der Waals surface area contributed by atoms with Crippen molar-refractivity contribution in [2.45, 2.75) is 66.7 Å². The molecule has 80 valence electrons. The zero-order chi connectivity index (χ0) is 10.3. The average Bonchev–Trinajstić information content (AvgIpc) is 2.11. The van der Waals surface area contributed by atoms with Crippen molar-refractivity contribution < 1.29 is 0 Å². The Morgan fingerprint density at radius 1 is 0.846 bits per heavy atom. The van der Waals surface area contributed by atoms with Gasteiger partial charge in [0.15, 0.2) is 0 Å². The Morgan fingerprint density at radius 2 is 1.46 bits per heavy atom. The molecule has 0 spiro atoms. The van der Waals surface area contributed by atoms with E-state index in [0.29, 0.717) is 0 Å². The number of rotatable bonds is 7. The number of hydrogen-bond donors (Lipinski definition) is 0. The Morgan fingerprint density at radius 3 is 1.85 bits per heavy atom. The van der Waals surface area contributed by atoms with Gasteiger partial charge in [-0.3, -0.25) is 0 Å². The molecule has 0 heterocycles. The monoisotopic (exact) mass is 184 g/mol. The van der Waals surface area contributed by atoms with E-state index in [1.165, 1.54) is 32.1 Å². The van der Waals surface area contributed by atoms with Crippen LogP contribution in [0.15, 0.2) is 0 Å². The molecular formula is C13H28. The first-order valence-corrected chi connectivity index (χ1v) is 6.10. The highest BCUT2D eigenvalue weighted by Crippen LogP contribution is 2.23. The molecule has 2 unspecified atom stereocenters. The standard InChI is InChI=1S/C13H28/c1-6-12(5)10-13(7-2)9-8-11(3)4/h11-13H,6-10H2,1-5H3. The summed E-state index contributed by atoms with van der Waals surface area (Å²) in [6.45, 7) is 11.7. The van der Waals surface area contributed by atoms with Gasteiger partial charge in [0.2, 0.25) is 0 Å². The van der Waals surface area contributed by atoms with Crippen LogP contribution in [0.5, 0.6) is 0 Å². The van der Waals surface area contributed by atoms with Crippen molar-refractivity contribution in [2.75, 3.05) is 0 Å². The highest BCUT2D eigenvalue weighted by atomic mass is 14.2. The molecule has 0 aliphatic rings. The van der Waals surface area contributed by atoms with Crippen molar-refractivity contribution in [3.63, 3.8) is 0 Å². The summed E-state index contributed by atoms with van der Waals surface area (Å²) in [5, 5.41) is 0. The van der Waals surface area contributed by atoms with E-state index in [-0.39, 0.29) is 0 Å². The third-order valence-corrected chi connectivity index (χ3v) is 3.16. The topological polar surface area (TPSA) is 0 Å². The molecule has 0 rings (SSSR count). The van der Waals surface area contributed by atoms with E-state index in [4.69, 9.17) is 0 Å². The predicted molar refractivity (Wildman–Crippen MR) is 61.9 cm³/mol. The molecule has 0 N–H and O–H groups in total. The van der Waals surface area contributed by atoms with Crippen LogP contribution in [0.2, 0.25) is 0 Å². The summed E-state index contributed by atoms with van der Waals surface area (Å²) in [5.74, 6) is 2.79. The minimum absolute atomic E-state index is 0.881. The maximum atomic E-state index is 2.39. The van der Waals surface area contributed by atoms with Crippen LogP contribution in [-0.4, -0.2) is 0 Å². The summed E-state index contributed by atoms with van der Waals surface area (Å²) in [5.41, 5.74) is 0. The second kappa shape index (κ2) is 7.41. The molecule has 0 heteroatoms. The smallest absolute Gasteiger partial charge is 0.0414 e. The van der Waals surface area contributed by atoms with Crippen LogP contribution >= 0.6 is 0 Å². The number of hydrogen-bond acceptors (Lipinski definition) is 0. The highest BCUT2D eigenvalue weighted by Gasteiger charge is 2.10. The summed E-state index contributed by atoms with van der Waals surface area (Å²) in [6.07, 6.45) is 7.02. The van der Waals surface area contributed by atoms with Crippen LogP contribution in [0.25, 0.3) is 0 Å². The lowest BCUT2D eigenvalue weighted by Crippen LogP contribution is -2.06. The molecule has 0 radical (unpaired) electrons. The van der Waals surface area contributed by atoms with Crippen LogP contribution < -0.4 is 0 Å². The molecule has 0 aromatic heterocycles. The molecule has 0 amide bonds. The zero-order valence-electron chi connectivity index (χ0n) is 10.3. The van der Waals surface area contributed by atoms with E-state index in [9.17, 15) is 0 Å². The molecule has 0 fully saturated rings. The lowest BCUT2D eigenvalue weighted by molar-refractivity contribution is 0.331. The molecule has 0 aliphatic carbocycles. The summed E-state index contributed by atoms with van der Waals surface area (Å²) < 4.78 is 0. The Balaban J connectivity index is 3.62. The SMILES string of the molecule is CCC(C)CC(CC)CCC(C)C. The van der Waals surface area contributed by atoms with Gasteiger partial charge >= 0.3 is 0 Å². The van der Waals surface area contributed by atoms with E-state index in [1.54, 1.807) is 0 Å². The van der Waals surface area contributed by atoms with Crippen molar-refractivity contribution in [1.82, 2.24) is 0 Å². The second-order valence-corrected chi connectivity index (χ2v) is 4.99. The van der Waals surface area contributed by atoms with E-state index in [0.717, 1.165) is 17.8 Å². The van der Waals surface area contributed by atoms with Gasteiger partial charge in [-0.25, -0.2) is 0 Å². The zero-order valence-corrected chi connectivity index (χ0v) is 10.3. The molecule has 0 aromatic rings. The molecule has 0 nitrogen and oxygen atoms in total. The third-order valence-electron chi connectivity index (χ3n) is 3.16. The van der Waals surface area contributed by atoms with E-state index in [1.807, 2.05) is 0 Å². The van der Waals surface area contributed by atoms with E-state index < -0.39 is 0 Å². The van der Waals surface area contributed by atoms with Gasteiger partial charge in [0.1, 0.15) is 0 Å². The quantitative estimate of drug-likeness (QED) is 0.528. The maximum Gasteiger partial charge on any atom is -0.0414 e. The molecule has 13 heavy (non-hydrogen) atoms. The van der Waals surface area contributed by atoms with Gasteiger partial charge in [0.25, 0.3) is 0 Å². The van der Waals surface area contributed by atoms with Crippen molar-refractivity contribution >= 4 is 0 Å². The fourth-order valence-corrected chi connectivity index (χ4v) is 1.79. The Bertz CT molecular complexity index is 105. The lowest BCUT2D eigenvalue weighted by Gasteiger charge is -2.19. The van der Waals surface area contributed by atoms with Crippen LogP contribution in [0.4, 0.5) is 0 Å². The molecule has 2 atom stereocenters. The van der Waals surface area contributed by atoms with Gasteiger partial charge in [-0.15, -0.1) is 0 Å². The summed E-state index contributed by atoms with van der Waals surface area (Å²) in [7, 11) is 0. The maximum absolute atomic E-state index is 2.39. The van der Waals surface area contributed by atoms with Gasteiger partial charge in [-0.1, -0.05) is 60.3 Å². The van der Waals surface area contributed by atoms with E-state index >= 15 is 0 Å². The molecule has 0 aromatic carbocycles. The summed E-state index contributed by atoms with van der Waals surface area (Å²) >= 11 is 0. The fourth-order valence-electron chi connectivity index (χ4n) is 1.79. The fraction of sp³-hybridized carbons (Fsp3) is 1.00. The Labute approximate surface area is 85.1 Å². The molecular weight excluding hydrogens is 156 g/mol.